The Morgan fingerprint density at radius 1 is 1.19 bits per heavy atom. The molecule has 2 aromatic heterocycles. The number of hydrogen-bond acceptors (Lipinski definition) is 4. The molecule has 0 aromatic carbocycles. The van der Waals surface area contributed by atoms with Crippen LogP contribution in [0.4, 0.5) is 5.69 Å². The molecule has 0 radical (unpaired) electrons. The molecule has 2 N–H and O–H groups in total. The van der Waals surface area contributed by atoms with Crippen LogP contribution in [0.25, 0.3) is 0 Å². The van der Waals surface area contributed by atoms with Crippen LogP contribution in [-0.4, -0.2) is 22.4 Å². The van der Waals surface area contributed by atoms with Gasteiger partial charge in [-0.15, -0.1) is 0 Å². The topological polar surface area (TPSA) is 66.9 Å². The smallest absolute Gasteiger partial charge is 0.255 e. The Morgan fingerprint density at radius 3 is 2.71 bits per heavy atom. The number of aromatic nitrogens is 2. The minimum Gasteiger partial charge on any atom is -0.384 e. The highest BCUT2D eigenvalue weighted by Gasteiger charge is 2.11. The molecule has 0 aliphatic heterocycles. The van der Waals surface area contributed by atoms with Crippen molar-refractivity contribution >= 4 is 11.6 Å². The summed E-state index contributed by atoms with van der Waals surface area (Å²) in [7, 11) is 0. The summed E-state index contributed by atoms with van der Waals surface area (Å²) in [5, 5.41) is 6.15. The zero-order chi connectivity index (χ0) is 15.1. The van der Waals surface area contributed by atoms with Gasteiger partial charge in [0.15, 0.2) is 0 Å². The van der Waals surface area contributed by atoms with Crippen LogP contribution in [0.15, 0.2) is 36.9 Å². The summed E-state index contributed by atoms with van der Waals surface area (Å²) in [6, 6.07) is 3.75. The lowest BCUT2D eigenvalue weighted by Crippen LogP contribution is -2.24. The molecule has 1 amide bonds. The first-order valence-corrected chi connectivity index (χ1v) is 7.08. The maximum atomic E-state index is 12.3. The number of nitrogens with one attached hydrogen (secondary N) is 2. The van der Waals surface area contributed by atoms with E-state index in [0.29, 0.717) is 12.1 Å². The predicted molar refractivity (Wildman–Crippen MR) is 83.2 cm³/mol. The Kier molecular flexibility index (Phi) is 5.26. The molecule has 110 valence electrons. The Hall–Kier alpha value is -2.43. The van der Waals surface area contributed by atoms with Gasteiger partial charge in [-0.05, 0) is 36.6 Å². The highest BCUT2D eigenvalue weighted by molar-refractivity contribution is 5.99. The molecular formula is C16H20N4O. The quantitative estimate of drug-likeness (QED) is 0.855. The summed E-state index contributed by atoms with van der Waals surface area (Å²) in [4.78, 5) is 20.4. The Labute approximate surface area is 124 Å². The Bertz CT molecular complexity index is 613. The van der Waals surface area contributed by atoms with E-state index in [4.69, 9.17) is 0 Å². The molecule has 2 heterocycles. The molecule has 21 heavy (non-hydrogen) atoms. The number of rotatable bonds is 6. The molecule has 2 rings (SSSR count). The normalized spacial score (nSPS) is 10.2. The van der Waals surface area contributed by atoms with E-state index in [1.54, 1.807) is 24.8 Å². The maximum absolute atomic E-state index is 12.3. The minimum atomic E-state index is -0.134. The second kappa shape index (κ2) is 7.38. The van der Waals surface area contributed by atoms with Crippen molar-refractivity contribution in [3.05, 3.63) is 53.6 Å². The second-order valence-electron chi connectivity index (χ2n) is 4.83. The number of carbonyl (C=O) groups excluding carboxylic acids is 1. The fraction of sp³-hybridized carbons (Fsp3) is 0.312. The Morgan fingerprint density at radius 2 is 1.95 bits per heavy atom. The lowest BCUT2D eigenvalue weighted by atomic mass is 10.1. The summed E-state index contributed by atoms with van der Waals surface area (Å²) in [6.07, 6.45) is 7.78. The molecule has 2 aromatic rings. The molecule has 0 bridgehead atoms. The number of aryl methyl sites for hydroxylation is 1. The van der Waals surface area contributed by atoms with Crippen molar-refractivity contribution in [2.24, 2.45) is 0 Å². The average Bonchev–Trinajstić information content (AvgIpc) is 2.52. The van der Waals surface area contributed by atoms with E-state index in [2.05, 4.69) is 27.5 Å². The SMILES string of the molecule is CCCNc1ccncc1C(=O)NCc1cnccc1C. The van der Waals surface area contributed by atoms with E-state index in [0.717, 1.165) is 29.8 Å². The van der Waals surface area contributed by atoms with Crippen LogP contribution in [-0.2, 0) is 6.54 Å². The van der Waals surface area contributed by atoms with Crippen molar-refractivity contribution in [1.82, 2.24) is 15.3 Å². The average molecular weight is 284 g/mol. The molecule has 0 unspecified atom stereocenters. The summed E-state index contributed by atoms with van der Waals surface area (Å²) in [5.74, 6) is -0.134. The fourth-order valence-corrected chi connectivity index (χ4v) is 1.94. The van der Waals surface area contributed by atoms with Gasteiger partial charge in [-0.3, -0.25) is 14.8 Å². The molecule has 5 nitrogen and oxygen atoms in total. The van der Waals surface area contributed by atoms with Gasteiger partial charge in [0.2, 0.25) is 0 Å². The number of pyridine rings is 2. The van der Waals surface area contributed by atoms with Gasteiger partial charge >= 0.3 is 0 Å². The molecule has 0 saturated heterocycles. The van der Waals surface area contributed by atoms with Gasteiger partial charge in [-0.1, -0.05) is 6.92 Å². The standard InChI is InChI=1S/C16H20N4O/c1-3-6-19-15-5-8-18-11-14(15)16(21)20-10-13-9-17-7-4-12(13)2/h4-5,7-9,11H,3,6,10H2,1-2H3,(H,18,19)(H,20,21). The van der Waals surface area contributed by atoms with Gasteiger partial charge < -0.3 is 10.6 Å². The molecule has 0 aliphatic rings. The molecular weight excluding hydrogens is 264 g/mol. The van der Waals surface area contributed by atoms with Crippen molar-refractivity contribution < 1.29 is 4.79 Å². The van der Waals surface area contributed by atoms with Gasteiger partial charge in [-0.25, -0.2) is 0 Å². The molecule has 0 spiro atoms. The number of nitrogens with zero attached hydrogens (tertiary/aromatic N) is 2. The number of carbonyl (C=O) groups is 1. The van der Waals surface area contributed by atoms with E-state index >= 15 is 0 Å². The lowest BCUT2D eigenvalue weighted by molar-refractivity contribution is 0.0951. The largest absolute Gasteiger partial charge is 0.384 e. The second-order valence-corrected chi connectivity index (χ2v) is 4.83. The van der Waals surface area contributed by atoms with E-state index < -0.39 is 0 Å². The van der Waals surface area contributed by atoms with Crippen molar-refractivity contribution in [1.29, 1.82) is 0 Å². The molecule has 5 heteroatoms. The van der Waals surface area contributed by atoms with Crippen LogP contribution in [0.3, 0.4) is 0 Å². The van der Waals surface area contributed by atoms with Crippen molar-refractivity contribution in [3.8, 4) is 0 Å². The highest BCUT2D eigenvalue weighted by atomic mass is 16.1. The summed E-state index contributed by atoms with van der Waals surface area (Å²) in [5.41, 5.74) is 3.50. The van der Waals surface area contributed by atoms with Crippen LogP contribution in [0.1, 0.15) is 34.8 Å². The summed E-state index contributed by atoms with van der Waals surface area (Å²) >= 11 is 0. The van der Waals surface area contributed by atoms with Gasteiger partial charge in [0.1, 0.15) is 0 Å². The van der Waals surface area contributed by atoms with Crippen molar-refractivity contribution in [3.63, 3.8) is 0 Å². The van der Waals surface area contributed by atoms with E-state index in [9.17, 15) is 4.79 Å². The number of anilines is 1. The monoisotopic (exact) mass is 284 g/mol. The molecule has 0 atom stereocenters. The fourth-order valence-electron chi connectivity index (χ4n) is 1.94. The molecule has 0 saturated carbocycles. The first-order valence-electron chi connectivity index (χ1n) is 7.08. The number of hydrogen-bond donors (Lipinski definition) is 2. The van der Waals surface area contributed by atoms with Crippen molar-refractivity contribution in [2.45, 2.75) is 26.8 Å². The van der Waals surface area contributed by atoms with E-state index in [1.807, 2.05) is 19.1 Å². The first kappa shape index (κ1) is 15.0. The summed E-state index contributed by atoms with van der Waals surface area (Å²) in [6.45, 7) is 5.37. The van der Waals surface area contributed by atoms with Gasteiger partial charge in [0.05, 0.1) is 11.3 Å². The van der Waals surface area contributed by atoms with Gasteiger partial charge in [0, 0.05) is 37.9 Å². The zero-order valence-electron chi connectivity index (χ0n) is 12.4. The first-order chi connectivity index (χ1) is 10.2. The Balaban J connectivity index is 2.05. The molecule has 0 aliphatic carbocycles. The van der Waals surface area contributed by atoms with E-state index in [1.165, 1.54) is 0 Å². The maximum Gasteiger partial charge on any atom is 0.255 e. The minimum absolute atomic E-state index is 0.134. The van der Waals surface area contributed by atoms with Gasteiger partial charge in [0.25, 0.3) is 5.91 Å². The highest BCUT2D eigenvalue weighted by Crippen LogP contribution is 2.14. The third-order valence-electron chi connectivity index (χ3n) is 3.22. The predicted octanol–water partition coefficient (Wildman–Crippen LogP) is 2.54. The van der Waals surface area contributed by atoms with Crippen LogP contribution < -0.4 is 10.6 Å². The van der Waals surface area contributed by atoms with Gasteiger partial charge in [-0.2, -0.15) is 0 Å². The third-order valence-corrected chi connectivity index (χ3v) is 3.22. The summed E-state index contributed by atoms with van der Waals surface area (Å²) < 4.78 is 0. The number of amides is 1. The van der Waals surface area contributed by atoms with Crippen molar-refractivity contribution in [2.75, 3.05) is 11.9 Å². The lowest BCUT2D eigenvalue weighted by Gasteiger charge is -2.11. The van der Waals surface area contributed by atoms with Crippen LogP contribution in [0.5, 0.6) is 0 Å². The van der Waals surface area contributed by atoms with E-state index in [-0.39, 0.29) is 5.91 Å². The van der Waals surface area contributed by atoms with Crippen LogP contribution >= 0.6 is 0 Å². The van der Waals surface area contributed by atoms with Crippen LogP contribution in [0, 0.1) is 6.92 Å². The van der Waals surface area contributed by atoms with Crippen LogP contribution in [0.2, 0.25) is 0 Å². The zero-order valence-corrected chi connectivity index (χ0v) is 12.4. The third kappa shape index (κ3) is 4.02. The molecule has 0 fully saturated rings.